The van der Waals surface area contributed by atoms with Crippen molar-refractivity contribution in [1.29, 1.82) is 0 Å². The lowest BCUT2D eigenvalue weighted by Crippen LogP contribution is -2.45. The zero-order valence-corrected chi connectivity index (χ0v) is 11.1. The van der Waals surface area contributed by atoms with E-state index in [-0.39, 0.29) is 17.8 Å². The highest BCUT2D eigenvalue weighted by molar-refractivity contribution is 5.89. The van der Waals surface area contributed by atoms with Gasteiger partial charge in [-0.2, -0.15) is 0 Å². The van der Waals surface area contributed by atoms with Crippen LogP contribution < -0.4 is 0 Å². The smallest absolute Gasteiger partial charge is 0.336 e. The van der Waals surface area contributed by atoms with Crippen LogP contribution in [0, 0.1) is 5.82 Å². The second kappa shape index (κ2) is 5.67. The Balaban J connectivity index is 2.16. The molecule has 1 aliphatic rings. The molecule has 5 heteroatoms. The van der Waals surface area contributed by atoms with Crippen LogP contribution in [0.1, 0.15) is 29.8 Å². The summed E-state index contributed by atoms with van der Waals surface area (Å²) in [5.74, 6) is -1.62. The number of benzene rings is 1. The monoisotopic (exact) mass is 267 g/mol. The number of hydrogen-bond donors (Lipinski definition) is 1. The first-order valence-electron chi connectivity index (χ1n) is 6.35. The van der Waals surface area contributed by atoms with Crippen LogP contribution in [0.25, 0.3) is 0 Å². The molecule has 2 unspecified atom stereocenters. The highest BCUT2D eigenvalue weighted by Gasteiger charge is 2.23. The summed E-state index contributed by atoms with van der Waals surface area (Å²) in [4.78, 5) is 13.3. The Labute approximate surface area is 111 Å². The molecule has 4 nitrogen and oxygen atoms in total. The number of morpholine rings is 1. The quantitative estimate of drug-likeness (QED) is 0.911. The third kappa shape index (κ3) is 3.52. The highest BCUT2D eigenvalue weighted by Crippen LogP contribution is 2.18. The second-order valence-corrected chi connectivity index (χ2v) is 5.06. The van der Waals surface area contributed by atoms with Crippen LogP contribution >= 0.6 is 0 Å². The van der Waals surface area contributed by atoms with E-state index in [0.29, 0.717) is 12.1 Å². The summed E-state index contributed by atoms with van der Waals surface area (Å²) in [7, 11) is 0. The van der Waals surface area contributed by atoms with Crippen molar-refractivity contribution in [3.63, 3.8) is 0 Å². The predicted octanol–water partition coefficient (Wildman–Crippen LogP) is 2.13. The van der Waals surface area contributed by atoms with Crippen molar-refractivity contribution in [1.82, 2.24) is 4.90 Å². The lowest BCUT2D eigenvalue weighted by molar-refractivity contribution is -0.0705. The first-order chi connectivity index (χ1) is 8.95. The maximum atomic E-state index is 13.1. The van der Waals surface area contributed by atoms with Gasteiger partial charge >= 0.3 is 5.97 Å². The molecule has 0 amide bonds. The fourth-order valence-electron chi connectivity index (χ4n) is 2.54. The van der Waals surface area contributed by atoms with Gasteiger partial charge in [0.15, 0.2) is 0 Å². The molecular weight excluding hydrogens is 249 g/mol. The maximum Gasteiger partial charge on any atom is 0.336 e. The minimum atomic E-state index is -1.09. The molecule has 2 atom stereocenters. The normalized spacial score (nSPS) is 24.4. The zero-order chi connectivity index (χ0) is 14.0. The number of nitrogens with zero attached hydrogens (tertiary/aromatic N) is 1. The second-order valence-electron chi connectivity index (χ2n) is 5.06. The van der Waals surface area contributed by atoms with Crippen LogP contribution in [-0.4, -0.2) is 41.3 Å². The van der Waals surface area contributed by atoms with Crippen LogP contribution in [0.5, 0.6) is 0 Å². The number of carboxylic acids is 1. The lowest BCUT2D eigenvalue weighted by atomic mass is 10.1. The average molecular weight is 267 g/mol. The Kier molecular flexibility index (Phi) is 4.17. The Morgan fingerprint density at radius 1 is 1.42 bits per heavy atom. The third-order valence-corrected chi connectivity index (χ3v) is 3.19. The van der Waals surface area contributed by atoms with E-state index in [2.05, 4.69) is 4.90 Å². The van der Waals surface area contributed by atoms with Gasteiger partial charge in [-0.15, -0.1) is 0 Å². The van der Waals surface area contributed by atoms with Crippen molar-refractivity contribution in [3.05, 3.63) is 35.1 Å². The number of rotatable bonds is 3. The number of aromatic carboxylic acids is 1. The number of carbonyl (C=O) groups is 1. The van der Waals surface area contributed by atoms with E-state index in [1.54, 1.807) is 6.07 Å². The van der Waals surface area contributed by atoms with Crippen LogP contribution in [0.3, 0.4) is 0 Å². The van der Waals surface area contributed by atoms with Crippen LogP contribution in [0.15, 0.2) is 18.2 Å². The standard InChI is InChI=1S/C14H18FNO3/c1-9-6-16(7-10(2)19-9)8-11-3-4-12(15)5-13(11)14(17)18/h3-5,9-10H,6-8H2,1-2H3,(H,17,18). The van der Waals surface area contributed by atoms with Crippen molar-refractivity contribution >= 4 is 5.97 Å². The van der Waals surface area contributed by atoms with Gasteiger partial charge in [0.1, 0.15) is 5.82 Å². The molecule has 1 aromatic carbocycles. The molecule has 1 saturated heterocycles. The van der Waals surface area contributed by atoms with Crippen LogP contribution in [0.2, 0.25) is 0 Å². The van der Waals surface area contributed by atoms with Crippen molar-refractivity contribution in [3.8, 4) is 0 Å². The summed E-state index contributed by atoms with van der Waals surface area (Å²) in [6.07, 6.45) is 0.245. The Morgan fingerprint density at radius 2 is 2.05 bits per heavy atom. The number of ether oxygens (including phenoxy) is 1. The van der Waals surface area contributed by atoms with E-state index in [0.717, 1.165) is 19.2 Å². The number of hydrogen-bond acceptors (Lipinski definition) is 3. The molecular formula is C14H18FNO3. The van der Waals surface area contributed by atoms with Crippen molar-refractivity contribution in [2.75, 3.05) is 13.1 Å². The van der Waals surface area contributed by atoms with Crippen molar-refractivity contribution in [2.45, 2.75) is 32.6 Å². The Morgan fingerprint density at radius 3 is 2.63 bits per heavy atom. The van der Waals surface area contributed by atoms with Gasteiger partial charge in [0, 0.05) is 19.6 Å². The predicted molar refractivity (Wildman–Crippen MR) is 68.6 cm³/mol. The fraction of sp³-hybridized carbons (Fsp3) is 0.500. The molecule has 0 aromatic heterocycles. The molecule has 1 aromatic rings. The third-order valence-electron chi connectivity index (χ3n) is 3.19. The molecule has 104 valence electrons. The van der Waals surface area contributed by atoms with Crippen molar-refractivity contribution in [2.24, 2.45) is 0 Å². The van der Waals surface area contributed by atoms with Gasteiger partial charge < -0.3 is 9.84 Å². The van der Waals surface area contributed by atoms with Crippen LogP contribution in [0.4, 0.5) is 4.39 Å². The molecule has 2 rings (SSSR count). The molecule has 0 radical (unpaired) electrons. The molecule has 1 fully saturated rings. The van der Waals surface area contributed by atoms with Gasteiger partial charge in [-0.1, -0.05) is 6.07 Å². The minimum absolute atomic E-state index is 0.0341. The Bertz CT molecular complexity index is 468. The molecule has 0 aliphatic carbocycles. The summed E-state index contributed by atoms with van der Waals surface area (Å²) < 4.78 is 18.7. The summed E-state index contributed by atoms with van der Waals surface area (Å²) in [5.41, 5.74) is 0.669. The first-order valence-corrected chi connectivity index (χ1v) is 6.35. The molecule has 0 spiro atoms. The summed E-state index contributed by atoms with van der Waals surface area (Å²) in [6, 6.07) is 3.92. The molecule has 1 heterocycles. The van der Waals surface area contributed by atoms with Crippen LogP contribution in [-0.2, 0) is 11.3 Å². The molecule has 1 aliphatic heterocycles. The van der Waals surface area contributed by atoms with E-state index < -0.39 is 11.8 Å². The Hall–Kier alpha value is -1.46. The van der Waals surface area contributed by atoms with Gasteiger partial charge in [-0.25, -0.2) is 9.18 Å². The largest absolute Gasteiger partial charge is 0.478 e. The van der Waals surface area contributed by atoms with Gasteiger partial charge in [0.2, 0.25) is 0 Å². The van der Waals surface area contributed by atoms with E-state index >= 15 is 0 Å². The fourth-order valence-corrected chi connectivity index (χ4v) is 2.54. The average Bonchev–Trinajstić information content (AvgIpc) is 2.30. The lowest BCUT2D eigenvalue weighted by Gasteiger charge is -2.35. The minimum Gasteiger partial charge on any atom is -0.478 e. The summed E-state index contributed by atoms with van der Waals surface area (Å²) >= 11 is 0. The van der Waals surface area contributed by atoms with Gasteiger partial charge in [-0.05, 0) is 31.5 Å². The van der Waals surface area contributed by atoms with E-state index in [4.69, 9.17) is 9.84 Å². The van der Waals surface area contributed by atoms with E-state index in [1.165, 1.54) is 6.07 Å². The summed E-state index contributed by atoms with van der Waals surface area (Å²) in [6.45, 7) is 5.98. The topological polar surface area (TPSA) is 49.8 Å². The van der Waals surface area contributed by atoms with Crippen molar-refractivity contribution < 1.29 is 19.0 Å². The van der Waals surface area contributed by atoms with Gasteiger partial charge in [0.25, 0.3) is 0 Å². The summed E-state index contributed by atoms with van der Waals surface area (Å²) in [5, 5.41) is 9.11. The van der Waals surface area contributed by atoms with E-state index in [1.807, 2.05) is 13.8 Å². The maximum absolute atomic E-state index is 13.1. The first kappa shape index (κ1) is 14.0. The number of carboxylic acid groups (broad SMARTS) is 1. The molecule has 0 bridgehead atoms. The highest BCUT2D eigenvalue weighted by atomic mass is 19.1. The zero-order valence-electron chi connectivity index (χ0n) is 11.1. The SMILES string of the molecule is CC1CN(Cc2ccc(F)cc2C(=O)O)CC(C)O1. The molecule has 1 N–H and O–H groups in total. The van der Waals surface area contributed by atoms with Gasteiger partial charge in [-0.3, -0.25) is 4.90 Å². The van der Waals surface area contributed by atoms with Gasteiger partial charge in [0.05, 0.1) is 17.8 Å². The molecule has 19 heavy (non-hydrogen) atoms. The number of halogens is 1. The van der Waals surface area contributed by atoms with E-state index in [9.17, 15) is 9.18 Å². The molecule has 0 saturated carbocycles.